The Bertz CT molecular complexity index is 260. The zero-order chi connectivity index (χ0) is 7.90. The molecule has 0 bridgehead atoms. The zero-order valence-electron chi connectivity index (χ0n) is 6.76. The van der Waals surface area contributed by atoms with E-state index in [9.17, 15) is 4.79 Å². The Kier molecular flexibility index (Phi) is 1.28. The first-order valence-corrected chi connectivity index (χ1v) is 4.15. The van der Waals surface area contributed by atoms with Gasteiger partial charge >= 0.3 is 0 Å². The van der Waals surface area contributed by atoms with Crippen LogP contribution in [0.1, 0.15) is 26.2 Å². The lowest BCUT2D eigenvalue weighted by Gasteiger charge is -2.23. The molecule has 0 spiro atoms. The maximum atomic E-state index is 11.0. The number of carbonyl (C=O) groups excluding carboxylic acids is 1. The van der Waals surface area contributed by atoms with Gasteiger partial charge in [0.05, 0.1) is 0 Å². The fourth-order valence-electron chi connectivity index (χ4n) is 2.01. The lowest BCUT2D eigenvalue weighted by atomic mass is 9.81. The second-order valence-corrected chi connectivity index (χ2v) is 3.68. The first-order valence-electron chi connectivity index (χ1n) is 4.15. The van der Waals surface area contributed by atoms with Gasteiger partial charge in [-0.25, -0.2) is 0 Å². The minimum atomic E-state index is 0.166. The normalized spacial score (nSPS) is 35.4. The molecule has 0 heterocycles. The van der Waals surface area contributed by atoms with Crippen LogP contribution in [0, 0.1) is 5.41 Å². The van der Waals surface area contributed by atoms with E-state index in [4.69, 9.17) is 0 Å². The average molecular weight is 148 g/mol. The van der Waals surface area contributed by atoms with E-state index in [1.54, 1.807) is 6.08 Å². The highest BCUT2D eigenvalue weighted by Gasteiger charge is 2.33. The molecule has 0 aliphatic heterocycles. The third-order valence-electron chi connectivity index (χ3n) is 2.81. The van der Waals surface area contributed by atoms with Crippen molar-refractivity contribution in [2.45, 2.75) is 26.2 Å². The molecule has 0 radical (unpaired) electrons. The second kappa shape index (κ2) is 2.07. The van der Waals surface area contributed by atoms with Gasteiger partial charge in [-0.3, -0.25) is 4.79 Å². The van der Waals surface area contributed by atoms with Crippen molar-refractivity contribution < 1.29 is 4.79 Å². The molecule has 1 nitrogen and oxygen atoms in total. The highest BCUT2D eigenvalue weighted by atomic mass is 16.1. The molecule has 2 aliphatic carbocycles. The number of hydrogen-bond donors (Lipinski definition) is 0. The summed E-state index contributed by atoms with van der Waals surface area (Å²) in [5.74, 6) is 0.166. The summed E-state index contributed by atoms with van der Waals surface area (Å²) in [7, 11) is 0. The quantitative estimate of drug-likeness (QED) is 0.515. The topological polar surface area (TPSA) is 17.1 Å². The molecule has 0 aromatic rings. The summed E-state index contributed by atoms with van der Waals surface area (Å²) in [6, 6.07) is 0. The molecular formula is C10H12O. The van der Waals surface area contributed by atoms with Gasteiger partial charge in [0.1, 0.15) is 0 Å². The summed E-state index contributed by atoms with van der Waals surface area (Å²) in [5, 5.41) is 0. The largest absolute Gasteiger partial charge is 0.290 e. The highest BCUT2D eigenvalue weighted by Crippen LogP contribution is 2.45. The van der Waals surface area contributed by atoms with Crippen LogP contribution in [0.25, 0.3) is 0 Å². The van der Waals surface area contributed by atoms with Crippen molar-refractivity contribution in [2.24, 2.45) is 5.41 Å². The Morgan fingerprint density at radius 3 is 3.18 bits per heavy atom. The standard InChI is InChI=1S/C10H12O/c1-10-5-2-3-8(10)7-9(11)4-6-10/h4,6-7H,2-3,5H2,1H3. The summed E-state index contributed by atoms with van der Waals surface area (Å²) in [6.07, 6.45) is 9.15. The molecule has 1 heteroatoms. The smallest absolute Gasteiger partial charge is 0.178 e. The van der Waals surface area contributed by atoms with Crippen molar-refractivity contribution in [2.75, 3.05) is 0 Å². The van der Waals surface area contributed by atoms with Crippen molar-refractivity contribution >= 4 is 5.78 Å². The zero-order valence-corrected chi connectivity index (χ0v) is 6.76. The van der Waals surface area contributed by atoms with Gasteiger partial charge in [-0.1, -0.05) is 18.6 Å². The number of carbonyl (C=O) groups is 1. The van der Waals surface area contributed by atoms with Crippen molar-refractivity contribution in [3.63, 3.8) is 0 Å². The minimum absolute atomic E-state index is 0.166. The third kappa shape index (κ3) is 0.953. The molecule has 0 aromatic carbocycles. The van der Waals surface area contributed by atoms with Crippen molar-refractivity contribution in [1.29, 1.82) is 0 Å². The first-order chi connectivity index (χ1) is 5.21. The molecule has 1 atom stereocenters. The van der Waals surface area contributed by atoms with Gasteiger partial charge in [-0.15, -0.1) is 0 Å². The molecule has 0 aromatic heterocycles. The Morgan fingerprint density at radius 2 is 2.36 bits per heavy atom. The summed E-state index contributed by atoms with van der Waals surface area (Å²) in [5.41, 5.74) is 1.57. The van der Waals surface area contributed by atoms with Crippen molar-refractivity contribution in [3.8, 4) is 0 Å². The fraction of sp³-hybridized carbons (Fsp3) is 0.500. The maximum absolute atomic E-state index is 11.0. The number of fused-ring (bicyclic) bond motifs is 1. The van der Waals surface area contributed by atoms with E-state index >= 15 is 0 Å². The molecule has 11 heavy (non-hydrogen) atoms. The van der Waals surface area contributed by atoms with Crippen LogP contribution >= 0.6 is 0 Å². The molecular weight excluding hydrogens is 136 g/mol. The summed E-state index contributed by atoms with van der Waals surface area (Å²) < 4.78 is 0. The Morgan fingerprint density at radius 1 is 1.55 bits per heavy atom. The lowest BCUT2D eigenvalue weighted by molar-refractivity contribution is -0.110. The van der Waals surface area contributed by atoms with Gasteiger partial charge in [0.2, 0.25) is 0 Å². The van der Waals surface area contributed by atoms with Crippen LogP contribution in [0.5, 0.6) is 0 Å². The third-order valence-corrected chi connectivity index (χ3v) is 2.81. The molecule has 0 N–H and O–H groups in total. The Labute approximate surface area is 66.8 Å². The van der Waals surface area contributed by atoms with E-state index in [2.05, 4.69) is 13.0 Å². The minimum Gasteiger partial charge on any atom is -0.290 e. The summed E-state index contributed by atoms with van der Waals surface area (Å²) >= 11 is 0. The molecule has 1 fully saturated rings. The fourth-order valence-corrected chi connectivity index (χ4v) is 2.01. The number of allylic oxidation sites excluding steroid dienone is 4. The van der Waals surface area contributed by atoms with Crippen LogP contribution in [0.3, 0.4) is 0 Å². The van der Waals surface area contributed by atoms with Crippen LogP contribution in [0.15, 0.2) is 23.8 Å². The van der Waals surface area contributed by atoms with E-state index in [0.29, 0.717) is 0 Å². The van der Waals surface area contributed by atoms with Crippen LogP contribution in [-0.2, 0) is 4.79 Å². The molecule has 1 saturated carbocycles. The molecule has 1 unspecified atom stereocenters. The van der Waals surface area contributed by atoms with Gasteiger partial charge in [-0.05, 0) is 31.4 Å². The number of ketones is 1. The molecule has 2 rings (SSSR count). The molecule has 0 saturated heterocycles. The lowest BCUT2D eigenvalue weighted by Crippen LogP contribution is -2.14. The second-order valence-electron chi connectivity index (χ2n) is 3.68. The average Bonchev–Trinajstić information content (AvgIpc) is 2.31. The number of hydrogen-bond acceptors (Lipinski definition) is 1. The first kappa shape index (κ1) is 6.84. The van der Waals surface area contributed by atoms with Crippen LogP contribution in [-0.4, -0.2) is 5.78 Å². The van der Waals surface area contributed by atoms with Crippen molar-refractivity contribution in [1.82, 2.24) is 0 Å². The molecule has 0 amide bonds. The van der Waals surface area contributed by atoms with Gasteiger partial charge < -0.3 is 0 Å². The Hall–Kier alpha value is -0.850. The van der Waals surface area contributed by atoms with E-state index in [1.165, 1.54) is 18.4 Å². The van der Waals surface area contributed by atoms with Crippen LogP contribution < -0.4 is 0 Å². The van der Waals surface area contributed by atoms with Gasteiger partial charge in [0, 0.05) is 5.41 Å². The summed E-state index contributed by atoms with van der Waals surface area (Å²) in [6.45, 7) is 2.22. The Balaban J connectivity index is 2.41. The molecule has 58 valence electrons. The predicted octanol–water partition coefficient (Wildman–Crippen LogP) is 2.24. The SMILES string of the molecule is CC12C=CC(=O)C=C1CCC2. The van der Waals surface area contributed by atoms with E-state index in [1.807, 2.05) is 6.08 Å². The maximum Gasteiger partial charge on any atom is 0.178 e. The van der Waals surface area contributed by atoms with Gasteiger partial charge in [-0.2, -0.15) is 0 Å². The van der Waals surface area contributed by atoms with Gasteiger partial charge in [0.25, 0.3) is 0 Å². The van der Waals surface area contributed by atoms with E-state index < -0.39 is 0 Å². The summed E-state index contributed by atoms with van der Waals surface area (Å²) in [4.78, 5) is 11.0. The van der Waals surface area contributed by atoms with Crippen LogP contribution in [0.2, 0.25) is 0 Å². The van der Waals surface area contributed by atoms with Crippen molar-refractivity contribution in [3.05, 3.63) is 23.8 Å². The molecule has 2 aliphatic rings. The van der Waals surface area contributed by atoms with Gasteiger partial charge in [0.15, 0.2) is 5.78 Å². The predicted molar refractivity (Wildman–Crippen MR) is 44.2 cm³/mol. The van der Waals surface area contributed by atoms with E-state index in [-0.39, 0.29) is 11.2 Å². The van der Waals surface area contributed by atoms with Crippen LogP contribution in [0.4, 0.5) is 0 Å². The highest BCUT2D eigenvalue weighted by molar-refractivity contribution is 6.01. The van der Waals surface area contributed by atoms with E-state index in [0.717, 1.165) is 6.42 Å². The number of rotatable bonds is 0. The monoisotopic (exact) mass is 148 g/mol.